The first-order valence-corrected chi connectivity index (χ1v) is 6.72. The van der Waals surface area contributed by atoms with E-state index in [2.05, 4.69) is 17.2 Å². The first-order valence-electron chi connectivity index (χ1n) is 6.72. The average Bonchev–Trinajstić information content (AvgIpc) is 2.41. The van der Waals surface area contributed by atoms with Crippen LogP contribution in [-0.2, 0) is 0 Å². The van der Waals surface area contributed by atoms with E-state index >= 15 is 0 Å². The molecule has 0 spiro atoms. The SMILES string of the molecule is Cc1cnccc1NC(=O)N1CCCC(C)C1CO. The lowest BCUT2D eigenvalue weighted by atomic mass is 9.91. The Morgan fingerprint density at radius 3 is 3.11 bits per heavy atom. The molecule has 0 saturated carbocycles. The summed E-state index contributed by atoms with van der Waals surface area (Å²) in [7, 11) is 0. The van der Waals surface area contributed by atoms with Crippen LogP contribution < -0.4 is 5.32 Å². The minimum atomic E-state index is -0.139. The van der Waals surface area contributed by atoms with Crippen LogP contribution in [0.2, 0.25) is 0 Å². The fourth-order valence-electron chi connectivity index (χ4n) is 2.58. The van der Waals surface area contributed by atoms with Crippen LogP contribution in [0.15, 0.2) is 18.5 Å². The Morgan fingerprint density at radius 2 is 2.42 bits per heavy atom. The van der Waals surface area contributed by atoms with E-state index < -0.39 is 0 Å². The lowest BCUT2D eigenvalue weighted by Crippen LogP contribution is -2.51. The molecule has 5 nitrogen and oxygen atoms in total. The summed E-state index contributed by atoms with van der Waals surface area (Å²) in [5.41, 5.74) is 1.70. The molecular weight excluding hydrogens is 242 g/mol. The second-order valence-corrected chi connectivity index (χ2v) is 5.18. The number of nitrogens with zero attached hydrogens (tertiary/aromatic N) is 2. The van der Waals surface area contributed by atoms with Crippen LogP contribution in [0.5, 0.6) is 0 Å². The number of aliphatic hydroxyl groups is 1. The highest BCUT2D eigenvalue weighted by molar-refractivity contribution is 5.90. The molecule has 2 heterocycles. The van der Waals surface area contributed by atoms with Crippen molar-refractivity contribution in [1.82, 2.24) is 9.88 Å². The topological polar surface area (TPSA) is 65.5 Å². The summed E-state index contributed by atoms with van der Waals surface area (Å²) in [4.78, 5) is 18.1. The van der Waals surface area contributed by atoms with Crippen molar-refractivity contribution in [1.29, 1.82) is 0 Å². The molecule has 0 radical (unpaired) electrons. The number of aryl methyl sites for hydroxylation is 1. The number of anilines is 1. The summed E-state index contributed by atoms with van der Waals surface area (Å²) >= 11 is 0. The fraction of sp³-hybridized carbons (Fsp3) is 0.571. The van der Waals surface area contributed by atoms with Crippen LogP contribution in [0.4, 0.5) is 10.5 Å². The maximum absolute atomic E-state index is 12.3. The average molecular weight is 263 g/mol. The van der Waals surface area contributed by atoms with Crippen molar-refractivity contribution < 1.29 is 9.90 Å². The normalized spacial score (nSPS) is 23.2. The molecule has 2 atom stereocenters. The second-order valence-electron chi connectivity index (χ2n) is 5.18. The standard InChI is InChI=1S/C14H21N3O2/c1-10-4-3-7-17(13(10)9-18)14(19)16-12-5-6-15-8-11(12)2/h5-6,8,10,13,18H,3-4,7,9H2,1-2H3,(H,15,16,19). The predicted octanol–water partition coefficient (Wildman–Crippen LogP) is 2.01. The monoisotopic (exact) mass is 263 g/mol. The lowest BCUT2D eigenvalue weighted by Gasteiger charge is -2.38. The van der Waals surface area contributed by atoms with Crippen molar-refractivity contribution >= 4 is 11.7 Å². The number of likely N-dealkylation sites (tertiary alicyclic amines) is 1. The van der Waals surface area contributed by atoms with E-state index in [0.29, 0.717) is 12.5 Å². The van der Waals surface area contributed by atoms with Gasteiger partial charge in [0.1, 0.15) is 0 Å². The van der Waals surface area contributed by atoms with Crippen LogP contribution >= 0.6 is 0 Å². The molecule has 2 unspecified atom stereocenters. The number of carbonyl (C=O) groups excluding carboxylic acids is 1. The molecule has 1 saturated heterocycles. The molecule has 2 rings (SSSR count). The first kappa shape index (κ1) is 13.8. The van der Waals surface area contributed by atoms with E-state index in [0.717, 1.165) is 24.1 Å². The summed E-state index contributed by atoms with van der Waals surface area (Å²) in [5.74, 6) is 0.336. The highest BCUT2D eigenvalue weighted by Gasteiger charge is 2.31. The predicted molar refractivity (Wildman–Crippen MR) is 74.0 cm³/mol. The Labute approximate surface area is 113 Å². The smallest absolute Gasteiger partial charge is 0.322 e. The number of aromatic nitrogens is 1. The van der Waals surface area contributed by atoms with Gasteiger partial charge in [0.25, 0.3) is 0 Å². The van der Waals surface area contributed by atoms with E-state index in [1.165, 1.54) is 0 Å². The highest BCUT2D eigenvalue weighted by atomic mass is 16.3. The van der Waals surface area contributed by atoms with E-state index in [1.807, 2.05) is 6.92 Å². The van der Waals surface area contributed by atoms with Gasteiger partial charge in [0.05, 0.1) is 12.6 Å². The lowest BCUT2D eigenvalue weighted by molar-refractivity contribution is 0.0811. The van der Waals surface area contributed by atoms with Crippen LogP contribution in [0, 0.1) is 12.8 Å². The largest absolute Gasteiger partial charge is 0.394 e. The van der Waals surface area contributed by atoms with E-state index in [1.54, 1.807) is 23.4 Å². The molecule has 1 aliphatic rings. The van der Waals surface area contributed by atoms with Crippen LogP contribution in [0.25, 0.3) is 0 Å². The molecule has 1 aromatic heterocycles. The molecule has 104 valence electrons. The summed E-state index contributed by atoms with van der Waals surface area (Å²) < 4.78 is 0. The number of hydrogen-bond donors (Lipinski definition) is 2. The minimum Gasteiger partial charge on any atom is -0.394 e. The van der Waals surface area contributed by atoms with Gasteiger partial charge in [-0.05, 0) is 37.3 Å². The number of carbonyl (C=O) groups is 1. The zero-order chi connectivity index (χ0) is 13.8. The third kappa shape index (κ3) is 3.04. The first-order chi connectivity index (χ1) is 9.13. The van der Waals surface area contributed by atoms with Crippen molar-refractivity contribution in [2.24, 2.45) is 5.92 Å². The molecule has 1 fully saturated rings. The molecule has 1 aliphatic heterocycles. The van der Waals surface area contributed by atoms with Crippen molar-refractivity contribution in [2.45, 2.75) is 32.7 Å². The molecular formula is C14H21N3O2. The summed E-state index contributed by atoms with van der Waals surface area (Å²) in [6.07, 6.45) is 5.42. The Morgan fingerprint density at radius 1 is 1.63 bits per heavy atom. The Hall–Kier alpha value is -1.62. The number of nitrogens with one attached hydrogen (secondary N) is 1. The second kappa shape index (κ2) is 6.02. The van der Waals surface area contributed by atoms with Gasteiger partial charge >= 0.3 is 6.03 Å². The van der Waals surface area contributed by atoms with E-state index in [9.17, 15) is 9.90 Å². The number of rotatable bonds is 2. The van der Waals surface area contributed by atoms with E-state index in [4.69, 9.17) is 0 Å². The van der Waals surface area contributed by atoms with Gasteiger partial charge in [-0.3, -0.25) is 4.98 Å². The van der Waals surface area contributed by atoms with Crippen LogP contribution in [0.1, 0.15) is 25.3 Å². The zero-order valence-electron chi connectivity index (χ0n) is 11.5. The maximum Gasteiger partial charge on any atom is 0.322 e. The number of urea groups is 1. The molecule has 19 heavy (non-hydrogen) atoms. The Bertz CT molecular complexity index is 450. The van der Waals surface area contributed by atoms with Gasteiger partial charge in [0.2, 0.25) is 0 Å². The molecule has 0 aliphatic carbocycles. The molecule has 2 N–H and O–H groups in total. The number of pyridine rings is 1. The quantitative estimate of drug-likeness (QED) is 0.858. The fourth-order valence-corrected chi connectivity index (χ4v) is 2.58. The van der Waals surface area contributed by atoms with Crippen molar-refractivity contribution in [3.8, 4) is 0 Å². The zero-order valence-corrected chi connectivity index (χ0v) is 11.5. The van der Waals surface area contributed by atoms with Crippen LogP contribution in [-0.4, -0.2) is 40.2 Å². The third-order valence-corrected chi connectivity index (χ3v) is 3.83. The number of piperidine rings is 1. The molecule has 0 aromatic carbocycles. The van der Waals surface area contributed by atoms with Crippen molar-refractivity contribution in [3.63, 3.8) is 0 Å². The molecule has 0 bridgehead atoms. The third-order valence-electron chi connectivity index (χ3n) is 3.83. The summed E-state index contributed by atoms with van der Waals surface area (Å²) in [6, 6.07) is 1.56. The van der Waals surface area contributed by atoms with E-state index in [-0.39, 0.29) is 18.7 Å². The summed E-state index contributed by atoms with van der Waals surface area (Å²) in [5, 5.41) is 12.4. The van der Waals surface area contributed by atoms with Gasteiger partial charge in [0.15, 0.2) is 0 Å². The van der Waals surface area contributed by atoms with Gasteiger partial charge < -0.3 is 15.3 Å². The van der Waals surface area contributed by atoms with Crippen molar-refractivity contribution in [2.75, 3.05) is 18.5 Å². The number of hydrogen-bond acceptors (Lipinski definition) is 3. The molecule has 5 heteroatoms. The number of amides is 2. The maximum atomic E-state index is 12.3. The Kier molecular flexibility index (Phi) is 4.37. The number of aliphatic hydroxyl groups excluding tert-OH is 1. The van der Waals surface area contributed by atoms with Crippen LogP contribution in [0.3, 0.4) is 0 Å². The van der Waals surface area contributed by atoms with Gasteiger partial charge in [-0.1, -0.05) is 6.92 Å². The van der Waals surface area contributed by atoms with Gasteiger partial charge in [-0.25, -0.2) is 4.79 Å². The summed E-state index contributed by atoms with van der Waals surface area (Å²) in [6.45, 7) is 4.71. The molecule has 2 amide bonds. The highest BCUT2D eigenvalue weighted by Crippen LogP contribution is 2.24. The minimum absolute atomic E-state index is 0.0178. The molecule has 1 aromatic rings. The van der Waals surface area contributed by atoms with Gasteiger partial charge in [-0.15, -0.1) is 0 Å². The Balaban J connectivity index is 2.08. The van der Waals surface area contributed by atoms with Gasteiger partial charge in [0, 0.05) is 24.6 Å². The van der Waals surface area contributed by atoms with Gasteiger partial charge in [-0.2, -0.15) is 0 Å². The van der Waals surface area contributed by atoms with Crippen molar-refractivity contribution in [3.05, 3.63) is 24.0 Å².